The van der Waals surface area contributed by atoms with Gasteiger partial charge < -0.3 is 10.5 Å². The lowest BCUT2D eigenvalue weighted by Crippen LogP contribution is -2.38. The number of hydrogen-bond donors (Lipinski definition) is 1. The van der Waals surface area contributed by atoms with E-state index in [-0.39, 0.29) is 17.9 Å². The maximum Gasteiger partial charge on any atom is 0.308 e. The first-order valence-corrected chi connectivity index (χ1v) is 5.07. The van der Waals surface area contributed by atoms with Crippen molar-refractivity contribution in [3.8, 4) is 0 Å². The highest BCUT2D eigenvalue weighted by atomic mass is 16.5. The molecular weight excluding hydrogens is 166 g/mol. The maximum atomic E-state index is 11.4. The summed E-state index contributed by atoms with van der Waals surface area (Å²) in [7, 11) is 0. The molecule has 1 saturated carbocycles. The summed E-state index contributed by atoms with van der Waals surface area (Å²) in [6.45, 7) is 4.45. The molecule has 1 rings (SSSR count). The van der Waals surface area contributed by atoms with Crippen LogP contribution >= 0.6 is 0 Å². The molecule has 0 aliphatic heterocycles. The normalized spacial score (nSPS) is 34.2. The molecule has 1 aliphatic rings. The molecule has 3 atom stereocenters. The molecule has 3 nitrogen and oxygen atoms in total. The van der Waals surface area contributed by atoms with Crippen LogP contribution in [0, 0.1) is 11.8 Å². The number of ether oxygens (including phenoxy) is 1. The van der Waals surface area contributed by atoms with E-state index in [1.165, 1.54) is 0 Å². The second-order valence-electron chi connectivity index (χ2n) is 3.90. The SMILES string of the molecule is CCOC(=O)[C@H]1CC[C@H](C)[C@H](N)C1. The molecule has 76 valence electrons. The van der Waals surface area contributed by atoms with Gasteiger partial charge in [0.05, 0.1) is 12.5 Å². The molecule has 0 aromatic carbocycles. The van der Waals surface area contributed by atoms with Gasteiger partial charge in [0.1, 0.15) is 0 Å². The second kappa shape index (κ2) is 4.61. The highest BCUT2D eigenvalue weighted by Gasteiger charge is 2.30. The van der Waals surface area contributed by atoms with Crippen molar-refractivity contribution in [1.82, 2.24) is 0 Å². The van der Waals surface area contributed by atoms with Crippen molar-refractivity contribution in [2.45, 2.75) is 39.2 Å². The van der Waals surface area contributed by atoms with Crippen molar-refractivity contribution in [3.63, 3.8) is 0 Å². The molecule has 13 heavy (non-hydrogen) atoms. The molecule has 0 heterocycles. The average Bonchev–Trinajstić information content (AvgIpc) is 2.10. The summed E-state index contributed by atoms with van der Waals surface area (Å²) in [6.07, 6.45) is 2.78. The van der Waals surface area contributed by atoms with Crippen LogP contribution in [0.25, 0.3) is 0 Å². The zero-order valence-electron chi connectivity index (χ0n) is 8.45. The number of esters is 1. The fourth-order valence-electron chi connectivity index (χ4n) is 1.83. The van der Waals surface area contributed by atoms with E-state index in [0.29, 0.717) is 12.5 Å². The third-order valence-corrected chi connectivity index (χ3v) is 2.88. The van der Waals surface area contributed by atoms with Crippen LogP contribution in [0.1, 0.15) is 33.1 Å². The van der Waals surface area contributed by atoms with Crippen molar-refractivity contribution in [1.29, 1.82) is 0 Å². The third kappa shape index (κ3) is 2.69. The summed E-state index contributed by atoms with van der Waals surface area (Å²) in [4.78, 5) is 11.4. The van der Waals surface area contributed by atoms with E-state index in [2.05, 4.69) is 6.92 Å². The maximum absolute atomic E-state index is 11.4. The zero-order chi connectivity index (χ0) is 9.84. The van der Waals surface area contributed by atoms with E-state index in [0.717, 1.165) is 19.3 Å². The van der Waals surface area contributed by atoms with Crippen LogP contribution in [0.3, 0.4) is 0 Å². The first kappa shape index (κ1) is 10.5. The first-order valence-electron chi connectivity index (χ1n) is 5.07. The number of hydrogen-bond acceptors (Lipinski definition) is 3. The summed E-state index contributed by atoms with van der Waals surface area (Å²) in [5.74, 6) is 0.529. The Morgan fingerprint density at radius 1 is 1.54 bits per heavy atom. The van der Waals surface area contributed by atoms with Crippen molar-refractivity contribution < 1.29 is 9.53 Å². The zero-order valence-corrected chi connectivity index (χ0v) is 8.45. The summed E-state index contributed by atoms with van der Waals surface area (Å²) < 4.78 is 4.97. The standard InChI is InChI=1S/C10H19NO2/c1-3-13-10(12)8-5-4-7(2)9(11)6-8/h7-9H,3-6,11H2,1-2H3/t7-,8-,9+/m0/s1. The summed E-state index contributed by atoms with van der Waals surface area (Å²) in [5, 5.41) is 0. The summed E-state index contributed by atoms with van der Waals surface area (Å²) >= 11 is 0. The lowest BCUT2D eigenvalue weighted by molar-refractivity contribution is -0.149. The van der Waals surface area contributed by atoms with Crippen LogP contribution in [0.4, 0.5) is 0 Å². The highest BCUT2D eigenvalue weighted by molar-refractivity contribution is 5.72. The van der Waals surface area contributed by atoms with E-state index in [9.17, 15) is 4.79 Å². The Hall–Kier alpha value is -0.570. The van der Waals surface area contributed by atoms with Crippen molar-refractivity contribution in [3.05, 3.63) is 0 Å². The predicted molar refractivity (Wildman–Crippen MR) is 51.1 cm³/mol. The van der Waals surface area contributed by atoms with Crippen LogP contribution in [0.15, 0.2) is 0 Å². The number of carbonyl (C=O) groups is 1. The Kier molecular flexibility index (Phi) is 3.72. The predicted octanol–water partition coefficient (Wildman–Crippen LogP) is 1.31. The molecule has 0 unspecified atom stereocenters. The van der Waals surface area contributed by atoms with Crippen LogP contribution in [-0.2, 0) is 9.53 Å². The van der Waals surface area contributed by atoms with Gasteiger partial charge in [0.2, 0.25) is 0 Å². The largest absolute Gasteiger partial charge is 0.466 e. The molecule has 0 saturated heterocycles. The summed E-state index contributed by atoms with van der Waals surface area (Å²) in [6, 6.07) is 0.170. The van der Waals surface area contributed by atoms with Crippen LogP contribution in [0.5, 0.6) is 0 Å². The lowest BCUT2D eigenvalue weighted by Gasteiger charge is -2.30. The number of nitrogens with two attached hydrogens (primary N) is 1. The minimum absolute atomic E-state index is 0.0474. The lowest BCUT2D eigenvalue weighted by atomic mass is 9.80. The van der Waals surface area contributed by atoms with Gasteiger partial charge in [0.15, 0.2) is 0 Å². The molecular formula is C10H19NO2. The van der Waals surface area contributed by atoms with E-state index < -0.39 is 0 Å². The van der Waals surface area contributed by atoms with Gasteiger partial charge in [-0.25, -0.2) is 0 Å². The van der Waals surface area contributed by atoms with Crippen molar-refractivity contribution in [2.24, 2.45) is 17.6 Å². The van der Waals surface area contributed by atoms with Crippen LogP contribution in [-0.4, -0.2) is 18.6 Å². The Bertz CT molecular complexity index is 182. The minimum Gasteiger partial charge on any atom is -0.466 e. The molecule has 1 aliphatic carbocycles. The van der Waals surface area contributed by atoms with E-state index >= 15 is 0 Å². The fourth-order valence-corrected chi connectivity index (χ4v) is 1.83. The molecule has 0 radical (unpaired) electrons. The molecule has 2 N–H and O–H groups in total. The molecule has 3 heteroatoms. The molecule has 0 aromatic heterocycles. The van der Waals surface area contributed by atoms with Crippen molar-refractivity contribution >= 4 is 5.97 Å². The number of carbonyl (C=O) groups excluding carboxylic acids is 1. The van der Waals surface area contributed by atoms with E-state index in [1.807, 2.05) is 6.92 Å². The Labute approximate surface area is 79.6 Å². The van der Waals surface area contributed by atoms with Gasteiger partial charge >= 0.3 is 5.97 Å². The minimum atomic E-state index is -0.0650. The van der Waals surface area contributed by atoms with Gasteiger partial charge in [0.25, 0.3) is 0 Å². The Balaban J connectivity index is 2.40. The molecule has 0 spiro atoms. The smallest absolute Gasteiger partial charge is 0.308 e. The highest BCUT2D eigenvalue weighted by Crippen LogP contribution is 2.28. The van der Waals surface area contributed by atoms with Gasteiger partial charge in [-0.2, -0.15) is 0 Å². The molecule has 1 fully saturated rings. The monoisotopic (exact) mass is 185 g/mol. The molecule has 0 aromatic rings. The second-order valence-corrected chi connectivity index (χ2v) is 3.90. The first-order chi connectivity index (χ1) is 6.15. The van der Waals surface area contributed by atoms with Gasteiger partial charge in [-0.1, -0.05) is 6.92 Å². The van der Waals surface area contributed by atoms with Crippen LogP contribution < -0.4 is 5.73 Å². The topological polar surface area (TPSA) is 52.3 Å². The van der Waals surface area contributed by atoms with Gasteiger partial charge in [-0.05, 0) is 32.1 Å². The Morgan fingerprint density at radius 3 is 2.77 bits per heavy atom. The third-order valence-electron chi connectivity index (χ3n) is 2.88. The fraction of sp³-hybridized carbons (Fsp3) is 0.900. The van der Waals surface area contributed by atoms with Gasteiger partial charge in [-0.15, -0.1) is 0 Å². The molecule has 0 bridgehead atoms. The van der Waals surface area contributed by atoms with E-state index in [4.69, 9.17) is 10.5 Å². The quantitative estimate of drug-likeness (QED) is 0.660. The van der Waals surface area contributed by atoms with Gasteiger partial charge in [-0.3, -0.25) is 4.79 Å². The Morgan fingerprint density at radius 2 is 2.23 bits per heavy atom. The van der Waals surface area contributed by atoms with Crippen molar-refractivity contribution in [2.75, 3.05) is 6.61 Å². The summed E-state index contributed by atoms with van der Waals surface area (Å²) in [5.41, 5.74) is 5.89. The van der Waals surface area contributed by atoms with Gasteiger partial charge in [0, 0.05) is 6.04 Å². The number of rotatable bonds is 2. The molecule has 0 amide bonds. The average molecular weight is 185 g/mol. The van der Waals surface area contributed by atoms with E-state index in [1.54, 1.807) is 0 Å². The van der Waals surface area contributed by atoms with Crippen LogP contribution in [0.2, 0.25) is 0 Å².